The summed E-state index contributed by atoms with van der Waals surface area (Å²) in [5, 5.41) is 14.8. The fourth-order valence-electron chi connectivity index (χ4n) is 3.64. The molecule has 1 aliphatic rings. The standard InChI is InChI=1S/C20H32N6O5S/c1-11(2)6-15(19(29)26-5-3-4-16(26)20(30)31)25-18(28)14(7-12-8-22-10-23-12)24-17(27)13(21)9-32/h8,10-11,13-16,32H,3-7,9,21H2,1-2H3,(H,22,23)(H,24,27)(H,25,28)(H,30,31). The lowest BCUT2D eigenvalue weighted by atomic mass is 10.0. The van der Waals surface area contributed by atoms with E-state index in [2.05, 4.69) is 33.2 Å². The van der Waals surface area contributed by atoms with E-state index >= 15 is 0 Å². The van der Waals surface area contributed by atoms with Gasteiger partial charge in [0.25, 0.3) is 0 Å². The zero-order valence-electron chi connectivity index (χ0n) is 18.3. The highest BCUT2D eigenvalue weighted by Gasteiger charge is 2.38. The van der Waals surface area contributed by atoms with E-state index in [9.17, 15) is 24.3 Å². The lowest BCUT2D eigenvalue weighted by Gasteiger charge is -2.29. The Bertz CT molecular complexity index is 802. The number of rotatable bonds is 11. The van der Waals surface area contributed by atoms with Gasteiger partial charge in [-0.2, -0.15) is 12.6 Å². The molecular formula is C20H32N6O5S. The summed E-state index contributed by atoms with van der Waals surface area (Å²) in [6, 6.07) is -3.72. The first kappa shape index (κ1) is 25.7. The molecule has 2 heterocycles. The number of likely N-dealkylation sites (tertiary alicyclic amines) is 1. The van der Waals surface area contributed by atoms with Crippen molar-refractivity contribution in [3.05, 3.63) is 18.2 Å². The summed E-state index contributed by atoms with van der Waals surface area (Å²) >= 11 is 4.01. The van der Waals surface area contributed by atoms with Crippen molar-refractivity contribution in [1.82, 2.24) is 25.5 Å². The predicted octanol–water partition coefficient (Wildman–Crippen LogP) is -0.699. The van der Waals surface area contributed by atoms with Crippen LogP contribution in [0.4, 0.5) is 0 Å². The van der Waals surface area contributed by atoms with Gasteiger partial charge in [0, 0.05) is 30.6 Å². The van der Waals surface area contributed by atoms with Gasteiger partial charge in [0.05, 0.1) is 12.4 Å². The van der Waals surface area contributed by atoms with Gasteiger partial charge in [-0.25, -0.2) is 9.78 Å². The van der Waals surface area contributed by atoms with Crippen molar-refractivity contribution >= 4 is 36.3 Å². The van der Waals surface area contributed by atoms with Crippen molar-refractivity contribution in [2.24, 2.45) is 11.7 Å². The quantitative estimate of drug-likeness (QED) is 0.233. The van der Waals surface area contributed by atoms with Crippen molar-refractivity contribution in [1.29, 1.82) is 0 Å². The van der Waals surface area contributed by atoms with Crippen molar-refractivity contribution in [2.45, 2.75) is 63.7 Å². The summed E-state index contributed by atoms with van der Waals surface area (Å²) in [6.07, 6.45) is 4.39. The minimum absolute atomic E-state index is 0.0633. The molecule has 1 aliphatic heterocycles. The van der Waals surface area contributed by atoms with E-state index in [1.165, 1.54) is 17.4 Å². The van der Waals surface area contributed by atoms with Crippen LogP contribution in [0.3, 0.4) is 0 Å². The number of amides is 3. The van der Waals surface area contributed by atoms with Gasteiger partial charge in [-0.1, -0.05) is 13.8 Å². The largest absolute Gasteiger partial charge is 0.480 e. The average Bonchev–Trinajstić information content (AvgIpc) is 3.43. The lowest BCUT2D eigenvalue weighted by Crippen LogP contribution is -2.58. The molecule has 11 nitrogen and oxygen atoms in total. The summed E-state index contributed by atoms with van der Waals surface area (Å²) in [5.74, 6) is -2.44. The second-order valence-electron chi connectivity index (χ2n) is 8.35. The van der Waals surface area contributed by atoms with Crippen LogP contribution in [-0.4, -0.2) is 80.1 Å². The summed E-state index contributed by atoms with van der Waals surface area (Å²) in [4.78, 5) is 58.2. The van der Waals surface area contributed by atoms with Gasteiger partial charge in [-0.15, -0.1) is 0 Å². The first-order valence-electron chi connectivity index (χ1n) is 10.6. The highest BCUT2D eigenvalue weighted by Crippen LogP contribution is 2.20. The molecule has 0 saturated carbocycles. The van der Waals surface area contributed by atoms with E-state index in [-0.39, 0.29) is 18.1 Å². The van der Waals surface area contributed by atoms with Gasteiger partial charge in [-0.3, -0.25) is 14.4 Å². The molecule has 2 rings (SSSR count). The number of nitrogens with two attached hydrogens (primary N) is 1. The van der Waals surface area contributed by atoms with Crippen LogP contribution in [0.2, 0.25) is 0 Å². The van der Waals surface area contributed by atoms with Crippen LogP contribution < -0.4 is 16.4 Å². The number of carboxylic acid groups (broad SMARTS) is 1. The van der Waals surface area contributed by atoms with Gasteiger partial charge < -0.3 is 31.4 Å². The number of H-pyrrole nitrogens is 1. The zero-order chi connectivity index (χ0) is 23.8. The number of carbonyl (C=O) groups is 4. The number of carboxylic acids is 1. The molecule has 1 saturated heterocycles. The molecule has 4 atom stereocenters. The van der Waals surface area contributed by atoms with Crippen LogP contribution in [-0.2, 0) is 25.6 Å². The molecule has 1 aromatic heterocycles. The van der Waals surface area contributed by atoms with Crippen LogP contribution >= 0.6 is 12.6 Å². The molecule has 0 aliphatic carbocycles. The monoisotopic (exact) mass is 468 g/mol. The first-order chi connectivity index (χ1) is 15.1. The molecule has 32 heavy (non-hydrogen) atoms. The molecule has 0 spiro atoms. The summed E-state index contributed by atoms with van der Waals surface area (Å²) in [5.41, 5.74) is 6.34. The molecule has 0 bridgehead atoms. The normalized spacial score (nSPS) is 18.8. The number of hydrogen-bond acceptors (Lipinski definition) is 7. The SMILES string of the molecule is CC(C)CC(NC(=O)C(Cc1cnc[nH]1)NC(=O)C(N)CS)C(=O)N1CCCC1C(=O)O. The average molecular weight is 469 g/mol. The van der Waals surface area contributed by atoms with Gasteiger partial charge >= 0.3 is 5.97 Å². The number of aromatic amines is 1. The smallest absolute Gasteiger partial charge is 0.326 e. The van der Waals surface area contributed by atoms with Gasteiger partial charge in [-0.05, 0) is 25.2 Å². The summed E-state index contributed by atoms with van der Waals surface area (Å²) < 4.78 is 0. The molecule has 12 heteroatoms. The number of nitrogens with zero attached hydrogens (tertiary/aromatic N) is 2. The molecule has 1 aromatic rings. The second kappa shape index (κ2) is 11.9. The minimum Gasteiger partial charge on any atom is -0.480 e. The summed E-state index contributed by atoms with van der Waals surface area (Å²) in [6.45, 7) is 4.13. The van der Waals surface area contributed by atoms with E-state index in [4.69, 9.17) is 5.73 Å². The first-order valence-corrected chi connectivity index (χ1v) is 11.2. The number of thiol groups is 1. The number of aliphatic carboxylic acids is 1. The maximum atomic E-state index is 13.2. The Morgan fingerprint density at radius 3 is 2.53 bits per heavy atom. The van der Waals surface area contributed by atoms with E-state index in [0.717, 1.165) is 0 Å². The maximum absolute atomic E-state index is 13.2. The highest BCUT2D eigenvalue weighted by molar-refractivity contribution is 7.80. The molecule has 6 N–H and O–H groups in total. The van der Waals surface area contributed by atoms with E-state index in [1.807, 2.05) is 13.8 Å². The Kier molecular flexibility index (Phi) is 9.51. The van der Waals surface area contributed by atoms with Gasteiger partial charge in [0.15, 0.2) is 0 Å². The molecule has 0 radical (unpaired) electrons. The fourth-order valence-corrected chi connectivity index (χ4v) is 3.81. The van der Waals surface area contributed by atoms with Crippen molar-refractivity contribution < 1.29 is 24.3 Å². The van der Waals surface area contributed by atoms with Crippen molar-refractivity contribution in [3.8, 4) is 0 Å². The Morgan fingerprint density at radius 1 is 1.28 bits per heavy atom. The van der Waals surface area contributed by atoms with Crippen LogP contribution in [0, 0.1) is 5.92 Å². The molecular weight excluding hydrogens is 436 g/mol. The highest BCUT2D eigenvalue weighted by atomic mass is 32.1. The second-order valence-corrected chi connectivity index (χ2v) is 8.71. The van der Waals surface area contributed by atoms with Gasteiger partial charge in [0.2, 0.25) is 17.7 Å². The number of hydrogen-bond donors (Lipinski definition) is 6. The van der Waals surface area contributed by atoms with E-state index in [1.54, 1.807) is 0 Å². The minimum atomic E-state index is -1.06. The Labute approximate surface area is 192 Å². The maximum Gasteiger partial charge on any atom is 0.326 e. The van der Waals surface area contributed by atoms with Gasteiger partial charge in [0.1, 0.15) is 18.1 Å². The molecule has 4 unspecified atom stereocenters. The molecule has 0 aromatic carbocycles. The third-order valence-corrected chi connectivity index (χ3v) is 5.68. The number of carbonyl (C=O) groups excluding carboxylic acids is 3. The molecule has 178 valence electrons. The lowest BCUT2D eigenvalue weighted by molar-refractivity contribution is -0.149. The number of nitrogens with one attached hydrogen (secondary N) is 3. The molecule has 3 amide bonds. The number of imidazole rings is 1. The van der Waals surface area contributed by atoms with Crippen molar-refractivity contribution in [3.63, 3.8) is 0 Å². The Balaban J connectivity index is 2.19. The molecule has 1 fully saturated rings. The fraction of sp³-hybridized carbons (Fsp3) is 0.650. The third-order valence-electron chi connectivity index (χ3n) is 5.29. The topological polar surface area (TPSA) is 171 Å². The Hall–Kier alpha value is -2.60. The summed E-state index contributed by atoms with van der Waals surface area (Å²) in [7, 11) is 0. The van der Waals surface area contributed by atoms with Crippen LogP contribution in [0.5, 0.6) is 0 Å². The zero-order valence-corrected chi connectivity index (χ0v) is 19.2. The number of aromatic nitrogens is 2. The van der Waals surface area contributed by atoms with Crippen molar-refractivity contribution in [2.75, 3.05) is 12.3 Å². The Morgan fingerprint density at radius 2 is 1.97 bits per heavy atom. The van der Waals surface area contributed by atoms with E-state index < -0.39 is 47.9 Å². The van der Waals surface area contributed by atoms with Crippen LogP contribution in [0.15, 0.2) is 12.5 Å². The van der Waals surface area contributed by atoms with E-state index in [0.29, 0.717) is 31.5 Å². The van der Waals surface area contributed by atoms with Crippen LogP contribution in [0.25, 0.3) is 0 Å². The third kappa shape index (κ3) is 6.95. The predicted molar refractivity (Wildman–Crippen MR) is 120 cm³/mol. The van der Waals surface area contributed by atoms with Crippen LogP contribution in [0.1, 0.15) is 38.8 Å².